The molecule has 0 aliphatic carbocycles. The van der Waals surface area contributed by atoms with E-state index in [0.717, 1.165) is 5.56 Å². The molecular weight excluding hydrogens is 192 g/mol. The molecular formula is C12H15O3. The molecule has 0 aliphatic rings. The maximum absolute atomic E-state index is 11.5. The van der Waals surface area contributed by atoms with Crippen LogP contribution in [0.15, 0.2) is 24.3 Å². The minimum absolute atomic E-state index is 0.427. The van der Waals surface area contributed by atoms with Gasteiger partial charge in [-0.1, -0.05) is 12.1 Å². The molecule has 0 heterocycles. The van der Waals surface area contributed by atoms with Crippen molar-refractivity contribution in [2.45, 2.75) is 26.1 Å². The van der Waals surface area contributed by atoms with Crippen LogP contribution in [-0.4, -0.2) is 23.3 Å². The minimum atomic E-state index is -0.666. The Kier molecular flexibility index (Phi) is 3.86. The fourth-order valence-corrected chi connectivity index (χ4v) is 0.976. The van der Waals surface area contributed by atoms with Gasteiger partial charge >= 0.3 is 5.97 Å². The van der Waals surface area contributed by atoms with Crippen molar-refractivity contribution in [1.82, 2.24) is 0 Å². The number of hydrogen-bond donors (Lipinski definition) is 1. The zero-order chi connectivity index (χ0) is 11.4. The molecule has 0 amide bonds. The first-order chi connectivity index (χ1) is 7.00. The van der Waals surface area contributed by atoms with Crippen molar-refractivity contribution in [3.63, 3.8) is 0 Å². The average molecular weight is 207 g/mol. The molecule has 1 aromatic rings. The monoisotopic (exact) mass is 207 g/mol. The smallest absolute Gasteiger partial charge is 0.338 e. The number of hydrogen-bond acceptors (Lipinski definition) is 3. The first-order valence-electron chi connectivity index (χ1n) is 4.82. The Hall–Kier alpha value is -1.35. The fraction of sp³-hybridized carbons (Fsp3) is 0.333. The molecule has 2 atom stereocenters. The fourth-order valence-electron chi connectivity index (χ4n) is 0.976. The van der Waals surface area contributed by atoms with Crippen LogP contribution < -0.4 is 0 Å². The first kappa shape index (κ1) is 11.7. The molecule has 15 heavy (non-hydrogen) atoms. The summed E-state index contributed by atoms with van der Waals surface area (Å²) < 4.78 is 5.03. The van der Waals surface area contributed by atoms with Gasteiger partial charge in [0, 0.05) is 0 Å². The third-order valence-electron chi connectivity index (χ3n) is 2.16. The lowest BCUT2D eigenvalue weighted by atomic mass is 10.1. The van der Waals surface area contributed by atoms with Crippen LogP contribution in [-0.2, 0) is 4.74 Å². The maximum Gasteiger partial charge on any atom is 0.338 e. The molecule has 0 saturated carbocycles. The van der Waals surface area contributed by atoms with Gasteiger partial charge < -0.3 is 9.84 Å². The molecule has 81 valence electrons. The summed E-state index contributed by atoms with van der Waals surface area (Å²) in [6.07, 6.45) is -1.17. The predicted molar refractivity (Wildman–Crippen MR) is 57.5 cm³/mol. The van der Waals surface area contributed by atoms with E-state index >= 15 is 0 Å². The topological polar surface area (TPSA) is 46.5 Å². The summed E-state index contributed by atoms with van der Waals surface area (Å²) in [6.45, 7) is 6.95. The highest BCUT2D eigenvalue weighted by Gasteiger charge is 2.15. The van der Waals surface area contributed by atoms with Crippen molar-refractivity contribution in [2.24, 2.45) is 0 Å². The number of aliphatic hydroxyl groups is 1. The van der Waals surface area contributed by atoms with E-state index in [1.165, 1.54) is 0 Å². The van der Waals surface area contributed by atoms with Gasteiger partial charge in [0.2, 0.25) is 0 Å². The van der Waals surface area contributed by atoms with Gasteiger partial charge in [0.25, 0.3) is 0 Å². The molecule has 3 nitrogen and oxygen atoms in total. The number of carbonyl (C=O) groups is 1. The van der Waals surface area contributed by atoms with Crippen LogP contribution in [0.1, 0.15) is 29.8 Å². The lowest BCUT2D eigenvalue weighted by molar-refractivity contribution is -0.00468. The second-order valence-electron chi connectivity index (χ2n) is 3.55. The molecule has 1 N–H and O–H groups in total. The van der Waals surface area contributed by atoms with Crippen molar-refractivity contribution < 1.29 is 14.6 Å². The van der Waals surface area contributed by atoms with Crippen LogP contribution in [0.25, 0.3) is 0 Å². The van der Waals surface area contributed by atoms with Gasteiger partial charge in [-0.2, -0.15) is 0 Å². The molecule has 0 aliphatic heterocycles. The zero-order valence-corrected chi connectivity index (χ0v) is 8.93. The second kappa shape index (κ2) is 4.94. The molecule has 2 unspecified atom stereocenters. The number of aliphatic hydroxyl groups excluding tert-OH is 1. The van der Waals surface area contributed by atoms with Crippen LogP contribution >= 0.6 is 0 Å². The van der Waals surface area contributed by atoms with Gasteiger partial charge in [0.05, 0.1) is 11.7 Å². The van der Waals surface area contributed by atoms with Crippen LogP contribution in [0.3, 0.4) is 0 Å². The van der Waals surface area contributed by atoms with Crippen LogP contribution in [0.4, 0.5) is 0 Å². The number of rotatable bonds is 3. The highest BCUT2D eigenvalue weighted by Crippen LogP contribution is 2.07. The summed E-state index contributed by atoms with van der Waals surface area (Å²) in [5.74, 6) is -0.427. The molecule has 0 aromatic heterocycles. The normalized spacial score (nSPS) is 14.4. The van der Waals surface area contributed by atoms with Crippen molar-refractivity contribution in [2.75, 3.05) is 0 Å². The van der Waals surface area contributed by atoms with E-state index in [1.54, 1.807) is 38.1 Å². The summed E-state index contributed by atoms with van der Waals surface area (Å²) in [7, 11) is 0. The van der Waals surface area contributed by atoms with Crippen molar-refractivity contribution in [3.05, 3.63) is 42.3 Å². The number of esters is 1. The van der Waals surface area contributed by atoms with Crippen LogP contribution in [0.5, 0.6) is 0 Å². The third kappa shape index (κ3) is 3.36. The van der Waals surface area contributed by atoms with Gasteiger partial charge in [0.1, 0.15) is 6.10 Å². The zero-order valence-electron chi connectivity index (χ0n) is 8.93. The summed E-state index contributed by atoms with van der Waals surface area (Å²) in [6, 6.07) is 6.78. The van der Waals surface area contributed by atoms with E-state index in [-0.39, 0.29) is 0 Å². The number of carbonyl (C=O) groups excluding carboxylic acids is 1. The highest BCUT2D eigenvalue weighted by atomic mass is 16.6. The molecule has 0 saturated heterocycles. The Balaban J connectivity index is 2.65. The van der Waals surface area contributed by atoms with Gasteiger partial charge in [-0.25, -0.2) is 4.79 Å². The van der Waals surface area contributed by atoms with E-state index in [0.29, 0.717) is 5.56 Å². The third-order valence-corrected chi connectivity index (χ3v) is 2.16. The SMILES string of the molecule is [CH2]c1ccc(C(=O)OC(C)C(C)O)cc1. The first-order valence-corrected chi connectivity index (χ1v) is 4.82. The summed E-state index contributed by atoms with van der Waals surface area (Å²) >= 11 is 0. The second-order valence-corrected chi connectivity index (χ2v) is 3.55. The molecule has 0 fully saturated rings. The van der Waals surface area contributed by atoms with E-state index in [9.17, 15) is 9.90 Å². The Bertz CT molecular complexity index is 327. The van der Waals surface area contributed by atoms with Gasteiger partial charge in [-0.3, -0.25) is 0 Å². The van der Waals surface area contributed by atoms with Crippen LogP contribution in [0, 0.1) is 6.92 Å². The summed E-state index contributed by atoms with van der Waals surface area (Å²) in [5.41, 5.74) is 1.31. The lowest BCUT2D eigenvalue weighted by Gasteiger charge is -2.15. The largest absolute Gasteiger partial charge is 0.456 e. The Morgan fingerprint density at radius 1 is 1.33 bits per heavy atom. The van der Waals surface area contributed by atoms with E-state index in [4.69, 9.17) is 4.74 Å². The Morgan fingerprint density at radius 2 is 1.87 bits per heavy atom. The van der Waals surface area contributed by atoms with E-state index in [1.807, 2.05) is 0 Å². The average Bonchev–Trinajstić information content (AvgIpc) is 2.18. The molecule has 1 rings (SSSR count). The lowest BCUT2D eigenvalue weighted by Crippen LogP contribution is -2.25. The Morgan fingerprint density at radius 3 is 2.33 bits per heavy atom. The van der Waals surface area contributed by atoms with Gasteiger partial charge in [0.15, 0.2) is 0 Å². The molecule has 0 bridgehead atoms. The maximum atomic E-state index is 11.5. The summed E-state index contributed by atoms with van der Waals surface area (Å²) in [5, 5.41) is 9.17. The van der Waals surface area contributed by atoms with Crippen molar-refractivity contribution in [1.29, 1.82) is 0 Å². The number of ether oxygens (including phenoxy) is 1. The molecule has 1 radical (unpaired) electrons. The number of benzene rings is 1. The van der Waals surface area contributed by atoms with E-state index in [2.05, 4.69) is 6.92 Å². The van der Waals surface area contributed by atoms with Crippen LogP contribution in [0.2, 0.25) is 0 Å². The predicted octanol–water partition coefficient (Wildman–Crippen LogP) is 1.79. The molecule has 3 heteroatoms. The molecule has 1 aromatic carbocycles. The molecule has 0 spiro atoms. The standard InChI is InChI=1S/C12H15O3/c1-8-4-6-11(7-5-8)12(14)15-10(3)9(2)13/h4-7,9-10,13H,1H2,2-3H3. The highest BCUT2D eigenvalue weighted by molar-refractivity contribution is 5.89. The minimum Gasteiger partial charge on any atom is -0.456 e. The van der Waals surface area contributed by atoms with E-state index < -0.39 is 18.2 Å². The van der Waals surface area contributed by atoms with Crippen molar-refractivity contribution >= 4 is 5.97 Å². The van der Waals surface area contributed by atoms with Gasteiger partial charge in [-0.05, 0) is 38.5 Å². The van der Waals surface area contributed by atoms with Crippen molar-refractivity contribution in [3.8, 4) is 0 Å². The Labute approximate surface area is 89.7 Å². The van der Waals surface area contributed by atoms with Gasteiger partial charge in [-0.15, -0.1) is 0 Å². The quantitative estimate of drug-likeness (QED) is 0.769. The summed E-state index contributed by atoms with van der Waals surface area (Å²) in [4.78, 5) is 11.5.